The third-order valence-electron chi connectivity index (χ3n) is 3.49. The fourth-order valence-corrected chi connectivity index (χ4v) is 3.44. The van der Waals surface area contributed by atoms with Gasteiger partial charge >= 0.3 is 0 Å². The van der Waals surface area contributed by atoms with Gasteiger partial charge in [-0.25, -0.2) is 0 Å². The van der Waals surface area contributed by atoms with Crippen LogP contribution in [0.4, 0.5) is 0 Å². The minimum atomic E-state index is -0.123. The topological polar surface area (TPSA) is 38.3 Å². The van der Waals surface area contributed by atoms with Crippen LogP contribution in [0.5, 0.6) is 5.75 Å². The van der Waals surface area contributed by atoms with Crippen molar-refractivity contribution in [2.45, 2.75) is 13.0 Å². The largest absolute Gasteiger partial charge is 0.484 e. The standard InChI is InChI=1S/C18H16BrNO2S/c1-12(17-3-2-8-23-17)20-18(21)11-22-16-7-5-13-9-15(19)6-4-14(13)10-16/h2-10,12H,11H2,1H3,(H,20,21). The predicted octanol–water partition coefficient (Wildman–Crippen LogP) is 4.92. The molecule has 3 aromatic rings. The van der Waals surface area contributed by atoms with Crippen LogP contribution in [-0.4, -0.2) is 12.5 Å². The molecule has 0 aliphatic heterocycles. The van der Waals surface area contributed by atoms with Crippen molar-refractivity contribution in [2.75, 3.05) is 6.61 Å². The summed E-state index contributed by atoms with van der Waals surface area (Å²) in [7, 11) is 0. The zero-order chi connectivity index (χ0) is 16.2. The van der Waals surface area contributed by atoms with Gasteiger partial charge in [-0.15, -0.1) is 11.3 Å². The molecule has 3 rings (SSSR count). The maximum atomic E-state index is 12.0. The predicted molar refractivity (Wildman–Crippen MR) is 98.0 cm³/mol. The molecule has 1 atom stereocenters. The highest BCUT2D eigenvalue weighted by molar-refractivity contribution is 9.10. The van der Waals surface area contributed by atoms with Crippen LogP contribution in [0.25, 0.3) is 10.8 Å². The summed E-state index contributed by atoms with van der Waals surface area (Å²) in [6, 6.07) is 15.9. The Bertz CT molecular complexity index is 817. The molecule has 0 spiro atoms. The molecule has 0 saturated carbocycles. The van der Waals surface area contributed by atoms with Crippen LogP contribution < -0.4 is 10.1 Å². The van der Waals surface area contributed by atoms with E-state index in [0.717, 1.165) is 20.1 Å². The first kappa shape index (κ1) is 16.0. The lowest BCUT2D eigenvalue weighted by Gasteiger charge is -2.13. The summed E-state index contributed by atoms with van der Waals surface area (Å²) < 4.78 is 6.65. The Labute approximate surface area is 147 Å². The van der Waals surface area contributed by atoms with Crippen LogP contribution in [0.2, 0.25) is 0 Å². The minimum Gasteiger partial charge on any atom is -0.484 e. The molecular formula is C18H16BrNO2S. The van der Waals surface area contributed by atoms with E-state index < -0.39 is 0 Å². The van der Waals surface area contributed by atoms with E-state index in [-0.39, 0.29) is 18.6 Å². The molecule has 1 amide bonds. The molecule has 1 aromatic heterocycles. The molecule has 0 fully saturated rings. The highest BCUT2D eigenvalue weighted by Crippen LogP contribution is 2.24. The van der Waals surface area contributed by atoms with Gasteiger partial charge in [0.2, 0.25) is 0 Å². The van der Waals surface area contributed by atoms with E-state index in [2.05, 4.69) is 27.3 Å². The molecule has 1 heterocycles. The molecule has 0 bridgehead atoms. The zero-order valence-corrected chi connectivity index (χ0v) is 15.0. The van der Waals surface area contributed by atoms with Crippen molar-refractivity contribution in [3.63, 3.8) is 0 Å². The van der Waals surface area contributed by atoms with E-state index in [1.54, 1.807) is 11.3 Å². The van der Waals surface area contributed by atoms with Crippen LogP contribution in [0.15, 0.2) is 58.4 Å². The van der Waals surface area contributed by atoms with Gasteiger partial charge in [-0.05, 0) is 53.4 Å². The first-order valence-corrected chi connectivity index (χ1v) is 8.94. The van der Waals surface area contributed by atoms with Crippen LogP contribution in [0.3, 0.4) is 0 Å². The molecule has 118 valence electrons. The van der Waals surface area contributed by atoms with Crippen molar-refractivity contribution in [2.24, 2.45) is 0 Å². The Morgan fingerprint density at radius 3 is 2.78 bits per heavy atom. The van der Waals surface area contributed by atoms with Gasteiger partial charge in [-0.2, -0.15) is 0 Å². The van der Waals surface area contributed by atoms with Gasteiger partial charge in [0.25, 0.3) is 5.91 Å². The van der Waals surface area contributed by atoms with Gasteiger partial charge in [0.05, 0.1) is 6.04 Å². The fourth-order valence-electron chi connectivity index (χ4n) is 2.33. The van der Waals surface area contributed by atoms with E-state index in [1.807, 2.05) is 54.8 Å². The zero-order valence-electron chi connectivity index (χ0n) is 12.6. The van der Waals surface area contributed by atoms with E-state index in [9.17, 15) is 4.79 Å². The lowest BCUT2D eigenvalue weighted by atomic mass is 10.1. The first-order chi connectivity index (χ1) is 11.1. The number of fused-ring (bicyclic) bond motifs is 1. The number of rotatable bonds is 5. The lowest BCUT2D eigenvalue weighted by Crippen LogP contribution is -2.30. The average molecular weight is 390 g/mol. The monoisotopic (exact) mass is 389 g/mol. The Morgan fingerprint density at radius 2 is 2.00 bits per heavy atom. The Morgan fingerprint density at radius 1 is 1.22 bits per heavy atom. The molecule has 2 aromatic carbocycles. The molecular weight excluding hydrogens is 374 g/mol. The molecule has 0 radical (unpaired) electrons. The first-order valence-electron chi connectivity index (χ1n) is 7.27. The molecule has 0 saturated heterocycles. The van der Waals surface area contributed by atoms with E-state index in [4.69, 9.17) is 4.74 Å². The van der Waals surface area contributed by atoms with E-state index in [1.165, 1.54) is 0 Å². The van der Waals surface area contributed by atoms with Crippen molar-refractivity contribution in [3.8, 4) is 5.75 Å². The van der Waals surface area contributed by atoms with Crippen molar-refractivity contribution in [1.29, 1.82) is 0 Å². The number of amides is 1. The lowest BCUT2D eigenvalue weighted by molar-refractivity contribution is -0.123. The average Bonchev–Trinajstić information content (AvgIpc) is 3.07. The SMILES string of the molecule is CC(NC(=O)COc1ccc2cc(Br)ccc2c1)c1cccs1. The summed E-state index contributed by atoms with van der Waals surface area (Å²) in [5.74, 6) is 0.570. The normalized spacial score (nSPS) is 12.1. The Kier molecular flexibility index (Phi) is 4.98. The number of carbonyl (C=O) groups excluding carboxylic acids is 1. The van der Waals surface area contributed by atoms with Crippen LogP contribution in [0.1, 0.15) is 17.8 Å². The van der Waals surface area contributed by atoms with Gasteiger partial charge < -0.3 is 10.1 Å². The number of hydrogen-bond donors (Lipinski definition) is 1. The van der Waals surface area contributed by atoms with Crippen molar-refractivity contribution in [1.82, 2.24) is 5.32 Å². The summed E-state index contributed by atoms with van der Waals surface area (Å²) in [5.41, 5.74) is 0. The molecule has 1 N–H and O–H groups in total. The van der Waals surface area contributed by atoms with Crippen molar-refractivity contribution < 1.29 is 9.53 Å². The fraction of sp³-hybridized carbons (Fsp3) is 0.167. The molecule has 23 heavy (non-hydrogen) atoms. The summed E-state index contributed by atoms with van der Waals surface area (Å²) >= 11 is 5.09. The quantitative estimate of drug-likeness (QED) is 0.672. The third kappa shape index (κ3) is 4.12. The number of nitrogens with one attached hydrogen (secondary N) is 1. The Balaban J connectivity index is 1.59. The van der Waals surface area contributed by atoms with E-state index in [0.29, 0.717) is 5.75 Å². The van der Waals surface area contributed by atoms with Crippen molar-refractivity contribution >= 4 is 43.9 Å². The van der Waals surface area contributed by atoms with Gasteiger partial charge in [0.1, 0.15) is 5.75 Å². The minimum absolute atomic E-state index is 0.0000497. The molecule has 1 unspecified atom stereocenters. The second-order valence-electron chi connectivity index (χ2n) is 5.25. The number of benzene rings is 2. The summed E-state index contributed by atoms with van der Waals surface area (Å²) in [6.45, 7) is 1.98. The van der Waals surface area contributed by atoms with E-state index >= 15 is 0 Å². The molecule has 0 aliphatic rings. The van der Waals surface area contributed by atoms with Gasteiger partial charge in [0, 0.05) is 9.35 Å². The highest BCUT2D eigenvalue weighted by atomic mass is 79.9. The summed E-state index contributed by atoms with van der Waals surface area (Å²) in [4.78, 5) is 13.1. The van der Waals surface area contributed by atoms with Gasteiger partial charge in [-0.3, -0.25) is 4.79 Å². The van der Waals surface area contributed by atoms with Crippen LogP contribution in [0, 0.1) is 0 Å². The summed E-state index contributed by atoms with van der Waals surface area (Å²) in [5, 5.41) is 7.15. The maximum absolute atomic E-state index is 12.0. The van der Waals surface area contributed by atoms with Crippen LogP contribution >= 0.6 is 27.3 Å². The smallest absolute Gasteiger partial charge is 0.258 e. The number of ether oxygens (including phenoxy) is 1. The molecule has 3 nitrogen and oxygen atoms in total. The number of thiophene rings is 1. The number of carbonyl (C=O) groups is 1. The third-order valence-corrected chi connectivity index (χ3v) is 5.04. The van der Waals surface area contributed by atoms with Gasteiger partial charge in [-0.1, -0.05) is 34.1 Å². The maximum Gasteiger partial charge on any atom is 0.258 e. The second kappa shape index (κ2) is 7.15. The molecule has 5 heteroatoms. The van der Waals surface area contributed by atoms with Gasteiger partial charge in [0.15, 0.2) is 6.61 Å². The van der Waals surface area contributed by atoms with Crippen LogP contribution in [-0.2, 0) is 4.79 Å². The second-order valence-corrected chi connectivity index (χ2v) is 7.14. The highest BCUT2D eigenvalue weighted by Gasteiger charge is 2.11. The van der Waals surface area contributed by atoms with Crippen molar-refractivity contribution in [3.05, 3.63) is 63.3 Å². The Hall–Kier alpha value is -1.85. The number of hydrogen-bond acceptors (Lipinski definition) is 3. The molecule has 0 aliphatic carbocycles. The number of halogens is 1. The summed E-state index contributed by atoms with van der Waals surface area (Å²) in [6.07, 6.45) is 0.